The molecule has 0 aliphatic rings. The molecule has 0 heterocycles. The molecule has 0 saturated heterocycles. The van der Waals surface area contributed by atoms with Crippen LogP contribution in [0.2, 0.25) is 0 Å². The Hall–Kier alpha value is -1.71. The lowest BCUT2D eigenvalue weighted by Gasteiger charge is -2.08. The van der Waals surface area contributed by atoms with Gasteiger partial charge in [-0.25, -0.2) is 0 Å². The van der Waals surface area contributed by atoms with Crippen molar-refractivity contribution in [3.05, 3.63) is 54.6 Å². The van der Waals surface area contributed by atoms with Gasteiger partial charge in [0.15, 0.2) is 0 Å². The van der Waals surface area contributed by atoms with Crippen molar-refractivity contribution >= 4 is 32.6 Å². The molecule has 0 aliphatic heterocycles. The van der Waals surface area contributed by atoms with Gasteiger partial charge in [0.25, 0.3) is 0 Å². The molecule has 0 bridgehead atoms. The molecule has 0 N–H and O–H groups in total. The van der Waals surface area contributed by atoms with Gasteiger partial charge in [-0.1, -0.05) is 42.5 Å². The van der Waals surface area contributed by atoms with Gasteiger partial charge in [0.1, 0.15) is 0 Å². The van der Waals surface area contributed by atoms with Crippen molar-refractivity contribution in [1.82, 2.24) is 0 Å². The largest absolute Gasteiger partial charge is 0.768 e. The van der Waals surface area contributed by atoms with Gasteiger partial charge in [0.05, 0.1) is 0 Å². The van der Waals surface area contributed by atoms with E-state index in [-0.39, 0.29) is 0 Å². The minimum absolute atomic E-state index is 0.328. The second-order valence-corrected chi connectivity index (χ2v) is 4.85. The van der Waals surface area contributed by atoms with Crippen molar-refractivity contribution in [2.75, 3.05) is 0 Å². The van der Waals surface area contributed by atoms with Gasteiger partial charge < -0.3 is 4.55 Å². The van der Waals surface area contributed by atoms with E-state index in [0.717, 1.165) is 21.5 Å². The fourth-order valence-electron chi connectivity index (χ4n) is 2.08. The Bertz CT molecular complexity index is 734. The van der Waals surface area contributed by atoms with E-state index >= 15 is 0 Å². The number of hydrogen-bond acceptors (Lipinski definition) is 2. The molecule has 0 fully saturated rings. The maximum Gasteiger partial charge on any atom is 0.0255 e. The summed E-state index contributed by atoms with van der Waals surface area (Å²) in [5, 5.41) is 4.23. The Kier molecular flexibility index (Phi) is 2.42. The number of benzene rings is 3. The lowest BCUT2D eigenvalue weighted by atomic mass is 10.0. The van der Waals surface area contributed by atoms with Gasteiger partial charge in [-0.15, -0.1) is 0 Å². The number of rotatable bonds is 1. The van der Waals surface area contributed by atoms with Gasteiger partial charge in [0.2, 0.25) is 0 Å². The molecule has 84 valence electrons. The Balaban J connectivity index is 2.46. The Morgan fingerprint density at radius 3 is 2.24 bits per heavy atom. The number of hydrogen-bond donors (Lipinski definition) is 0. The van der Waals surface area contributed by atoms with E-state index in [9.17, 15) is 8.76 Å². The van der Waals surface area contributed by atoms with Crippen LogP contribution in [0.4, 0.5) is 0 Å². The smallest absolute Gasteiger partial charge is 0.0255 e. The zero-order valence-electron chi connectivity index (χ0n) is 8.92. The maximum atomic E-state index is 11.0. The first-order valence-electron chi connectivity index (χ1n) is 5.26. The average Bonchev–Trinajstić information content (AvgIpc) is 2.38. The Morgan fingerprint density at radius 1 is 0.824 bits per heavy atom. The summed E-state index contributed by atoms with van der Waals surface area (Å²) in [5.41, 5.74) is 0. The Morgan fingerprint density at radius 2 is 1.47 bits per heavy atom. The molecule has 3 aromatic carbocycles. The molecular weight excluding hydrogens is 232 g/mol. The highest BCUT2D eigenvalue weighted by Gasteiger charge is 2.01. The zero-order valence-corrected chi connectivity index (χ0v) is 9.74. The lowest BCUT2D eigenvalue weighted by molar-refractivity contribution is 0.537. The molecule has 0 saturated carbocycles. The third-order valence-electron chi connectivity index (χ3n) is 2.91. The molecule has 2 nitrogen and oxygen atoms in total. The predicted molar refractivity (Wildman–Crippen MR) is 68.6 cm³/mol. The zero-order chi connectivity index (χ0) is 11.8. The minimum Gasteiger partial charge on any atom is -0.768 e. The van der Waals surface area contributed by atoms with Crippen LogP contribution in [0.1, 0.15) is 0 Å². The summed E-state index contributed by atoms with van der Waals surface area (Å²) in [5.74, 6) is 0. The second kappa shape index (κ2) is 3.95. The van der Waals surface area contributed by atoms with Crippen LogP contribution >= 0.6 is 0 Å². The third kappa shape index (κ3) is 1.73. The van der Waals surface area contributed by atoms with Crippen LogP contribution in [0.3, 0.4) is 0 Å². The van der Waals surface area contributed by atoms with E-state index in [1.54, 1.807) is 12.1 Å². The summed E-state index contributed by atoms with van der Waals surface area (Å²) in [4.78, 5) is 0.328. The normalized spacial score (nSPS) is 13.0. The van der Waals surface area contributed by atoms with E-state index in [0.29, 0.717) is 4.90 Å². The maximum absolute atomic E-state index is 11.0. The van der Waals surface area contributed by atoms with E-state index in [4.69, 9.17) is 0 Å². The molecule has 0 spiro atoms. The standard InChI is InChI=1S/C14H10O2S/c15-17(16)12-8-7-11-6-5-10-3-1-2-4-13(10)14(11)9-12/h1-9H,(H,15,16)/p-1. The van der Waals surface area contributed by atoms with Gasteiger partial charge in [-0.3, -0.25) is 4.21 Å². The highest BCUT2D eigenvalue weighted by Crippen LogP contribution is 2.26. The van der Waals surface area contributed by atoms with Crippen LogP contribution in [-0.4, -0.2) is 8.76 Å². The molecule has 3 aromatic rings. The average molecular weight is 241 g/mol. The summed E-state index contributed by atoms with van der Waals surface area (Å²) >= 11 is -2.18. The topological polar surface area (TPSA) is 40.1 Å². The summed E-state index contributed by atoms with van der Waals surface area (Å²) in [6.07, 6.45) is 0. The quantitative estimate of drug-likeness (QED) is 0.484. The fourth-order valence-corrected chi connectivity index (χ4v) is 2.48. The highest BCUT2D eigenvalue weighted by atomic mass is 32.2. The molecule has 1 unspecified atom stereocenters. The van der Waals surface area contributed by atoms with E-state index in [1.807, 2.05) is 42.5 Å². The monoisotopic (exact) mass is 241 g/mol. The lowest BCUT2D eigenvalue weighted by Crippen LogP contribution is -1.88. The second-order valence-electron chi connectivity index (χ2n) is 3.90. The van der Waals surface area contributed by atoms with Crippen LogP contribution in [-0.2, 0) is 11.1 Å². The minimum atomic E-state index is -2.18. The molecule has 0 amide bonds. The van der Waals surface area contributed by atoms with Crippen LogP contribution in [0, 0.1) is 0 Å². The summed E-state index contributed by atoms with van der Waals surface area (Å²) in [6.45, 7) is 0. The van der Waals surface area contributed by atoms with Crippen molar-refractivity contribution < 1.29 is 8.76 Å². The molecular formula is C14H9O2S-. The van der Waals surface area contributed by atoms with Crippen molar-refractivity contribution in [3.63, 3.8) is 0 Å². The van der Waals surface area contributed by atoms with Crippen LogP contribution in [0.5, 0.6) is 0 Å². The number of fused-ring (bicyclic) bond motifs is 3. The molecule has 0 radical (unpaired) electrons. The van der Waals surface area contributed by atoms with E-state index in [2.05, 4.69) is 0 Å². The molecule has 17 heavy (non-hydrogen) atoms. The van der Waals surface area contributed by atoms with Crippen molar-refractivity contribution in [1.29, 1.82) is 0 Å². The van der Waals surface area contributed by atoms with Gasteiger partial charge >= 0.3 is 0 Å². The van der Waals surface area contributed by atoms with Crippen LogP contribution in [0.25, 0.3) is 21.5 Å². The fraction of sp³-hybridized carbons (Fsp3) is 0. The molecule has 0 aromatic heterocycles. The Labute approximate surface area is 101 Å². The van der Waals surface area contributed by atoms with Gasteiger partial charge in [-0.2, -0.15) is 0 Å². The van der Waals surface area contributed by atoms with Crippen LogP contribution < -0.4 is 0 Å². The summed E-state index contributed by atoms with van der Waals surface area (Å²) in [6, 6.07) is 17.2. The summed E-state index contributed by atoms with van der Waals surface area (Å²) in [7, 11) is 0. The molecule has 3 rings (SSSR count). The molecule has 0 aliphatic carbocycles. The van der Waals surface area contributed by atoms with Crippen molar-refractivity contribution in [2.45, 2.75) is 4.90 Å². The molecule has 3 heteroatoms. The van der Waals surface area contributed by atoms with Crippen LogP contribution in [0.15, 0.2) is 59.5 Å². The first kappa shape index (κ1) is 10.4. The molecule has 1 atom stereocenters. The van der Waals surface area contributed by atoms with Gasteiger partial charge in [0, 0.05) is 4.90 Å². The predicted octanol–water partition coefficient (Wildman–Crippen LogP) is 3.23. The van der Waals surface area contributed by atoms with Crippen molar-refractivity contribution in [3.8, 4) is 0 Å². The van der Waals surface area contributed by atoms with E-state index in [1.165, 1.54) is 0 Å². The highest BCUT2D eigenvalue weighted by molar-refractivity contribution is 7.79. The first-order valence-corrected chi connectivity index (χ1v) is 6.34. The first-order chi connectivity index (χ1) is 8.25. The summed E-state index contributed by atoms with van der Waals surface area (Å²) < 4.78 is 22.0. The SMILES string of the molecule is O=S([O-])c1ccc2ccc3ccccc3c2c1. The van der Waals surface area contributed by atoms with E-state index < -0.39 is 11.1 Å². The van der Waals surface area contributed by atoms with Crippen molar-refractivity contribution in [2.24, 2.45) is 0 Å². The van der Waals surface area contributed by atoms with Gasteiger partial charge in [-0.05, 0) is 44.8 Å². The third-order valence-corrected chi connectivity index (χ3v) is 3.55.